The monoisotopic (exact) mass is 211 g/mol. The second kappa shape index (κ2) is 3.62. The highest BCUT2D eigenvalue weighted by Gasteiger charge is 2.40. The van der Waals surface area contributed by atoms with Crippen molar-refractivity contribution in [3.63, 3.8) is 0 Å². The van der Waals surface area contributed by atoms with Crippen LogP contribution in [0.1, 0.15) is 47.5 Å². The van der Waals surface area contributed by atoms with E-state index in [1.165, 1.54) is 0 Å². The maximum atomic E-state index is 11.5. The molecule has 1 N–H and O–H groups in total. The van der Waals surface area contributed by atoms with Crippen LogP contribution in [0.4, 0.5) is 0 Å². The van der Waals surface area contributed by atoms with Gasteiger partial charge in [-0.05, 0) is 17.3 Å². The maximum absolute atomic E-state index is 11.5. The third-order valence-electron chi connectivity index (χ3n) is 3.85. The highest BCUT2D eigenvalue weighted by Crippen LogP contribution is 2.43. The third-order valence-corrected chi connectivity index (χ3v) is 3.85. The second-order valence-corrected chi connectivity index (χ2v) is 6.15. The first-order valence-corrected chi connectivity index (χ1v) is 5.47. The van der Waals surface area contributed by atoms with Gasteiger partial charge < -0.3 is 0 Å². The number of nitrogens with one attached hydrogen (secondary N) is 1. The molecule has 1 aliphatic rings. The van der Waals surface area contributed by atoms with Gasteiger partial charge in [0.2, 0.25) is 11.8 Å². The van der Waals surface area contributed by atoms with E-state index >= 15 is 0 Å². The van der Waals surface area contributed by atoms with Crippen LogP contribution in [0.15, 0.2) is 0 Å². The zero-order valence-corrected chi connectivity index (χ0v) is 10.3. The summed E-state index contributed by atoms with van der Waals surface area (Å²) in [5, 5.41) is 2.36. The lowest BCUT2D eigenvalue weighted by Crippen LogP contribution is -2.33. The largest absolute Gasteiger partial charge is 0.296 e. The number of carbonyl (C=O) groups excluding carboxylic acids is 2. The first-order chi connectivity index (χ1) is 6.63. The molecule has 0 aromatic heterocycles. The van der Waals surface area contributed by atoms with Crippen molar-refractivity contribution in [2.75, 3.05) is 0 Å². The molecule has 0 spiro atoms. The van der Waals surface area contributed by atoms with E-state index in [0.717, 1.165) is 6.42 Å². The van der Waals surface area contributed by atoms with Crippen LogP contribution >= 0.6 is 0 Å². The minimum absolute atomic E-state index is 0.0552. The number of rotatable bonds is 2. The number of carbonyl (C=O) groups is 2. The van der Waals surface area contributed by atoms with Crippen molar-refractivity contribution in [2.24, 2.45) is 16.7 Å². The molecule has 1 heterocycles. The van der Waals surface area contributed by atoms with E-state index in [9.17, 15) is 9.59 Å². The van der Waals surface area contributed by atoms with Crippen LogP contribution in [0.5, 0.6) is 0 Å². The molecule has 0 aromatic rings. The zero-order chi connectivity index (χ0) is 11.9. The molecule has 86 valence electrons. The molecular formula is C12H21NO2. The normalized spacial score (nSPS) is 23.1. The van der Waals surface area contributed by atoms with E-state index in [0.29, 0.717) is 6.42 Å². The van der Waals surface area contributed by atoms with E-state index < -0.39 is 0 Å². The van der Waals surface area contributed by atoms with Gasteiger partial charge in [-0.1, -0.05) is 34.6 Å². The van der Waals surface area contributed by atoms with E-state index in [1.54, 1.807) is 0 Å². The summed E-state index contributed by atoms with van der Waals surface area (Å²) in [5.74, 6) is -0.362. The van der Waals surface area contributed by atoms with Gasteiger partial charge in [-0.3, -0.25) is 14.9 Å². The Balaban J connectivity index is 2.70. The van der Waals surface area contributed by atoms with Gasteiger partial charge in [-0.25, -0.2) is 0 Å². The summed E-state index contributed by atoms with van der Waals surface area (Å²) in [6, 6.07) is 0. The second-order valence-electron chi connectivity index (χ2n) is 6.15. The van der Waals surface area contributed by atoms with Crippen LogP contribution in [0.3, 0.4) is 0 Å². The molecule has 1 rings (SSSR count). The van der Waals surface area contributed by atoms with Crippen molar-refractivity contribution in [3.05, 3.63) is 0 Å². The van der Waals surface area contributed by atoms with Crippen molar-refractivity contribution in [3.8, 4) is 0 Å². The van der Waals surface area contributed by atoms with Crippen molar-refractivity contribution >= 4 is 11.8 Å². The molecule has 0 bridgehead atoms. The van der Waals surface area contributed by atoms with Crippen molar-refractivity contribution in [1.82, 2.24) is 5.32 Å². The van der Waals surface area contributed by atoms with Gasteiger partial charge in [0, 0.05) is 12.3 Å². The molecule has 1 saturated heterocycles. The van der Waals surface area contributed by atoms with Crippen LogP contribution in [-0.2, 0) is 9.59 Å². The molecule has 3 heteroatoms. The zero-order valence-electron chi connectivity index (χ0n) is 10.3. The molecule has 2 amide bonds. The number of imide groups is 1. The molecule has 3 nitrogen and oxygen atoms in total. The summed E-state index contributed by atoms with van der Waals surface area (Å²) < 4.78 is 0. The Morgan fingerprint density at radius 2 is 1.73 bits per heavy atom. The van der Waals surface area contributed by atoms with Gasteiger partial charge in [0.05, 0.1) is 0 Å². The van der Waals surface area contributed by atoms with Crippen LogP contribution in [0, 0.1) is 16.7 Å². The Hall–Kier alpha value is -0.860. The van der Waals surface area contributed by atoms with Gasteiger partial charge in [-0.2, -0.15) is 0 Å². The van der Waals surface area contributed by atoms with Crippen molar-refractivity contribution in [1.29, 1.82) is 0 Å². The Morgan fingerprint density at radius 1 is 1.20 bits per heavy atom. The summed E-state index contributed by atoms with van der Waals surface area (Å²) in [4.78, 5) is 22.5. The lowest BCUT2D eigenvalue weighted by atomic mass is 9.65. The molecule has 0 aromatic carbocycles. The molecule has 0 saturated carbocycles. The molecule has 1 fully saturated rings. The molecule has 1 unspecified atom stereocenters. The standard InChI is InChI=1S/C12H21NO2/c1-11(2,3)12(4,5)7-8-6-9(14)13-10(8)15/h8H,6-7H2,1-5H3,(H,13,14,15). The smallest absolute Gasteiger partial charge is 0.230 e. The minimum atomic E-state index is -0.133. The quantitative estimate of drug-likeness (QED) is 0.711. The Morgan fingerprint density at radius 3 is 2.07 bits per heavy atom. The SMILES string of the molecule is CC(C)(C)C(C)(C)CC1CC(=O)NC1=O. The molecule has 0 radical (unpaired) electrons. The van der Waals surface area contributed by atoms with E-state index in [1.807, 2.05) is 0 Å². The predicted molar refractivity (Wildman–Crippen MR) is 59.1 cm³/mol. The van der Waals surface area contributed by atoms with Crippen LogP contribution in [-0.4, -0.2) is 11.8 Å². The molecule has 15 heavy (non-hydrogen) atoms. The van der Waals surface area contributed by atoms with Gasteiger partial charge in [0.1, 0.15) is 0 Å². The van der Waals surface area contributed by atoms with Gasteiger partial charge in [0.15, 0.2) is 0 Å². The molecule has 0 aliphatic carbocycles. The fourth-order valence-corrected chi connectivity index (χ4v) is 1.69. The van der Waals surface area contributed by atoms with E-state index in [4.69, 9.17) is 0 Å². The summed E-state index contributed by atoms with van der Waals surface area (Å²) in [7, 11) is 0. The summed E-state index contributed by atoms with van der Waals surface area (Å²) in [5.41, 5.74) is 0.193. The lowest BCUT2D eigenvalue weighted by Gasteiger charge is -2.40. The van der Waals surface area contributed by atoms with Gasteiger partial charge in [0.25, 0.3) is 0 Å². The number of hydrogen-bond donors (Lipinski definition) is 1. The average Bonchev–Trinajstić information content (AvgIpc) is 2.26. The Kier molecular flexibility index (Phi) is 2.94. The highest BCUT2D eigenvalue weighted by molar-refractivity contribution is 6.03. The van der Waals surface area contributed by atoms with Gasteiger partial charge >= 0.3 is 0 Å². The van der Waals surface area contributed by atoms with Crippen molar-refractivity contribution < 1.29 is 9.59 Å². The fourth-order valence-electron chi connectivity index (χ4n) is 1.69. The van der Waals surface area contributed by atoms with E-state index in [-0.39, 0.29) is 28.6 Å². The summed E-state index contributed by atoms with van der Waals surface area (Å²) >= 11 is 0. The van der Waals surface area contributed by atoms with Crippen LogP contribution < -0.4 is 5.32 Å². The highest BCUT2D eigenvalue weighted by atomic mass is 16.2. The third kappa shape index (κ3) is 2.58. The predicted octanol–water partition coefficient (Wildman–Crippen LogP) is 2.11. The van der Waals surface area contributed by atoms with Gasteiger partial charge in [-0.15, -0.1) is 0 Å². The van der Waals surface area contributed by atoms with E-state index in [2.05, 4.69) is 39.9 Å². The topological polar surface area (TPSA) is 46.2 Å². The molecular weight excluding hydrogens is 190 g/mol. The maximum Gasteiger partial charge on any atom is 0.230 e. The molecule has 1 atom stereocenters. The number of hydrogen-bond acceptors (Lipinski definition) is 2. The lowest BCUT2D eigenvalue weighted by molar-refractivity contribution is -0.126. The van der Waals surface area contributed by atoms with Crippen LogP contribution in [0.25, 0.3) is 0 Å². The minimum Gasteiger partial charge on any atom is -0.296 e. The fraction of sp³-hybridized carbons (Fsp3) is 0.833. The first-order valence-electron chi connectivity index (χ1n) is 5.47. The summed E-state index contributed by atoms with van der Waals surface area (Å²) in [6.45, 7) is 10.8. The Bertz CT molecular complexity index is 286. The van der Waals surface area contributed by atoms with Crippen molar-refractivity contribution in [2.45, 2.75) is 47.5 Å². The summed E-state index contributed by atoms with van der Waals surface area (Å²) in [6.07, 6.45) is 1.13. The average molecular weight is 211 g/mol. The Labute approximate surface area is 91.6 Å². The van der Waals surface area contributed by atoms with Crippen LogP contribution in [0.2, 0.25) is 0 Å². The molecule has 1 aliphatic heterocycles. The first kappa shape index (κ1) is 12.2. The number of amides is 2.